The molecule has 0 unspecified atom stereocenters. The number of ether oxygens (including phenoxy) is 1. The van der Waals surface area contributed by atoms with Crippen LogP contribution in [0.15, 0.2) is 36.4 Å². The Kier molecular flexibility index (Phi) is 4.67. The first-order chi connectivity index (χ1) is 10.1. The van der Waals surface area contributed by atoms with Gasteiger partial charge in [0, 0.05) is 18.7 Å². The van der Waals surface area contributed by atoms with Gasteiger partial charge < -0.3 is 10.1 Å². The maximum absolute atomic E-state index is 13.4. The molecule has 0 spiro atoms. The molecule has 0 amide bonds. The largest absolute Gasteiger partial charge is 0.479 e. The number of benzene rings is 2. The van der Waals surface area contributed by atoms with Gasteiger partial charge in [-0.15, -0.1) is 0 Å². The summed E-state index contributed by atoms with van der Waals surface area (Å²) in [6, 6.07) is 9.89. The zero-order valence-corrected chi connectivity index (χ0v) is 10.9. The summed E-state index contributed by atoms with van der Waals surface area (Å²) in [5, 5.41) is 11.1. The summed E-state index contributed by atoms with van der Waals surface area (Å²) >= 11 is 0. The molecule has 1 N–H and O–H groups in total. The fourth-order valence-corrected chi connectivity index (χ4v) is 1.67. The normalized spacial score (nSPS) is 10.0. The maximum Gasteiger partial charge on any atom is 0.174 e. The second-order valence-electron chi connectivity index (χ2n) is 4.19. The summed E-state index contributed by atoms with van der Waals surface area (Å²) in [6.07, 6.45) is 0. The Morgan fingerprint density at radius 1 is 1.00 bits per heavy atom. The third-order valence-electron chi connectivity index (χ3n) is 2.72. The van der Waals surface area contributed by atoms with Gasteiger partial charge >= 0.3 is 0 Å². The van der Waals surface area contributed by atoms with E-state index >= 15 is 0 Å². The van der Waals surface area contributed by atoms with Gasteiger partial charge in [-0.1, -0.05) is 12.1 Å². The summed E-state index contributed by atoms with van der Waals surface area (Å²) < 4.78 is 44.3. The standard InChI is InChI=1S/C15H11F3N2O/c16-12-7-14(18)15(8-13(12)17)20-9-10-1-3-11(4-2-10)21-6-5-19/h1-4,7-8,20H,6,9H2. The Morgan fingerprint density at radius 3 is 2.33 bits per heavy atom. The molecule has 6 heteroatoms. The first kappa shape index (κ1) is 14.7. The predicted octanol–water partition coefficient (Wildman–Crippen LogP) is 3.62. The van der Waals surface area contributed by atoms with E-state index in [1.54, 1.807) is 24.3 Å². The van der Waals surface area contributed by atoms with E-state index in [1.807, 2.05) is 6.07 Å². The second-order valence-corrected chi connectivity index (χ2v) is 4.19. The van der Waals surface area contributed by atoms with Crippen molar-refractivity contribution in [3.05, 3.63) is 59.4 Å². The summed E-state index contributed by atoms with van der Waals surface area (Å²) in [6.45, 7) is 0.193. The van der Waals surface area contributed by atoms with E-state index in [4.69, 9.17) is 10.00 Å². The minimum Gasteiger partial charge on any atom is -0.479 e. The van der Waals surface area contributed by atoms with Crippen LogP contribution in [0.4, 0.5) is 18.9 Å². The van der Waals surface area contributed by atoms with Crippen molar-refractivity contribution in [1.82, 2.24) is 0 Å². The van der Waals surface area contributed by atoms with Gasteiger partial charge in [-0.3, -0.25) is 0 Å². The van der Waals surface area contributed by atoms with Crippen molar-refractivity contribution in [2.45, 2.75) is 6.54 Å². The molecule has 0 saturated carbocycles. The van der Waals surface area contributed by atoms with Crippen LogP contribution in [0.25, 0.3) is 0 Å². The molecule has 0 fully saturated rings. The fraction of sp³-hybridized carbons (Fsp3) is 0.133. The van der Waals surface area contributed by atoms with Gasteiger partial charge in [0.1, 0.15) is 17.6 Å². The number of halogens is 3. The zero-order valence-electron chi connectivity index (χ0n) is 10.9. The lowest BCUT2D eigenvalue weighted by Crippen LogP contribution is -2.03. The lowest BCUT2D eigenvalue weighted by molar-refractivity contribution is 0.368. The van der Waals surface area contributed by atoms with Crippen LogP contribution < -0.4 is 10.1 Å². The van der Waals surface area contributed by atoms with Crippen molar-refractivity contribution in [3.8, 4) is 11.8 Å². The van der Waals surface area contributed by atoms with Gasteiger partial charge in [-0.05, 0) is 17.7 Å². The summed E-state index contributed by atoms with van der Waals surface area (Å²) in [5.74, 6) is -2.65. The quantitative estimate of drug-likeness (QED) is 0.856. The van der Waals surface area contributed by atoms with Crippen LogP contribution in [0.3, 0.4) is 0 Å². The minimum atomic E-state index is -1.22. The highest BCUT2D eigenvalue weighted by molar-refractivity contribution is 5.46. The molecule has 0 bridgehead atoms. The summed E-state index contributed by atoms with van der Waals surface area (Å²) in [4.78, 5) is 0. The number of nitrogens with zero attached hydrogens (tertiary/aromatic N) is 1. The van der Waals surface area contributed by atoms with Crippen LogP contribution in [0, 0.1) is 28.8 Å². The van der Waals surface area contributed by atoms with Gasteiger partial charge in [0.05, 0.1) is 5.69 Å². The summed E-state index contributed by atoms with van der Waals surface area (Å²) in [5.41, 5.74) is 0.683. The van der Waals surface area contributed by atoms with Gasteiger partial charge in [-0.25, -0.2) is 13.2 Å². The molecule has 0 saturated heterocycles. The van der Waals surface area contributed by atoms with E-state index in [9.17, 15) is 13.2 Å². The highest BCUT2D eigenvalue weighted by atomic mass is 19.2. The van der Waals surface area contributed by atoms with E-state index in [0.29, 0.717) is 11.8 Å². The van der Waals surface area contributed by atoms with Crippen LogP contribution in [-0.2, 0) is 6.54 Å². The Labute approximate surface area is 119 Å². The first-order valence-corrected chi connectivity index (χ1v) is 6.07. The highest BCUT2D eigenvalue weighted by Crippen LogP contribution is 2.19. The Balaban J connectivity index is 2.00. The van der Waals surface area contributed by atoms with Crippen molar-refractivity contribution >= 4 is 5.69 Å². The van der Waals surface area contributed by atoms with E-state index in [0.717, 1.165) is 11.6 Å². The number of nitriles is 1. The first-order valence-electron chi connectivity index (χ1n) is 6.07. The molecule has 0 aliphatic carbocycles. The van der Waals surface area contributed by atoms with E-state index in [1.165, 1.54) is 0 Å². The van der Waals surface area contributed by atoms with Crippen molar-refractivity contribution in [2.75, 3.05) is 11.9 Å². The number of hydrogen-bond donors (Lipinski definition) is 1. The summed E-state index contributed by atoms with van der Waals surface area (Å²) in [7, 11) is 0. The number of anilines is 1. The van der Waals surface area contributed by atoms with Gasteiger partial charge in [-0.2, -0.15) is 5.26 Å². The van der Waals surface area contributed by atoms with E-state index in [-0.39, 0.29) is 18.8 Å². The molecule has 108 valence electrons. The zero-order chi connectivity index (χ0) is 15.2. The number of nitrogens with one attached hydrogen (secondary N) is 1. The van der Waals surface area contributed by atoms with Gasteiger partial charge in [0.2, 0.25) is 0 Å². The van der Waals surface area contributed by atoms with Crippen LogP contribution in [0.1, 0.15) is 5.56 Å². The Morgan fingerprint density at radius 2 is 1.67 bits per heavy atom. The van der Waals surface area contributed by atoms with Crippen LogP contribution in [-0.4, -0.2) is 6.61 Å². The van der Waals surface area contributed by atoms with Crippen LogP contribution >= 0.6 is 0 Å². The molecule has 0 atom stereocenters. The lowest BCUT2D eigenvalue weighted by Gasteiger charge is -2.09. The van der Waals surface area contributed by atoms with Crippen molar-refractivity contribution in [2.24, 2.45) is 0 Å². The van der Waals surface area contributed by atoms with Crippen LogP contribution in [0.2, 0.25) is 0 Å². The Bertz CT molecular complexity index is 666. The molecule has 0 radical (unpaired) electrons. The maximum atomic E-state index is 13.4. The third kappa shape index (κ3) is 3.89. The van der Waals surface area contributed by atoms with Crippen molar-refractivity contribution < 1.29 is 17.9 Å². The number of rotatable bonds is 5. The monoisotopic (exact) mass is 292 g/mol. The molecule has 0 aliphatic rings. The molecule has 0 aliphatic heterocycles. The molecular formula is C15H11F3N2O. The third-order valence-corrected chi connectivity index (χ3v) is 2.72. The topological polar surface area (TPSA) is 45.0 Å². The average Bonchev–Trinajstić information content (AvgIpc) is 2.48. The SMILES string of the molecule is N#CCOc1ccc(CNc2cc(F)c(F)cc2F)cc1. The van der Waals surface area contributed by atoms with E-state index < -0.39 is 17.5 Å². The van der Waals surface area contributed by atoms with E-state index in [2.05, 4.69) is 5.32 Å². The average molecular weight is 292 g/mol. The molecule has 3 nitrogen and oxygen atoms in total. The Hall–Kier alpha value is -2.68. The molecule has 0 aromatic heterocycles. The second kappa shape index (κ2) is 6.66. The highest BCUT2D eigenvalue weighted by Gasteiger charge is 2.09. The molecule has 2 rings (SSSR count). The lowest BCUT2D eigenvalue weighted by atomic mass is 10.2. The van der Waals surface area contributed by atoms with Crippen molar-refractivity contribution in [1.29, 1.82) is 5.26 Å². The molecule has 2 aromatic carbocycles. The van der Waals surface area contributed by atoms with Crippen molar-refractivity contribution in [3.63, 3.8) is 0 Å². The van der Waals surface area contributed by atoms with Gasteiger partial charge in [0.15, 0.2) is 18.2 Å². The van der Waals surface area contributed by atoms with Gasteiger partial charge in [0.25, 0.3) is 0 Å². The molecule has 2 aromatic rings. The molecule has 0 heterocycles. The smallest absolute Gasteiger partial charge is 0.174 e. The fourth-order valence-electron chi connectivity index (χ4n) is 1.67. The van der Waals surface area contributed by atoms with Crippen LogP contribution in [0.5, 0.6) is 5.75 Å². The minimum absolute atomic E-state index is 0.0440. The predicted molar refractivity (Wildman–Crippen MR) is 71.2 cm³/mol. The number of hydrogen-bond acceptors (Lipinski definition) is 3. The molecular weight excluding hydrogens is 281 g/mol. The molecule has 21 heavy (non-hydrogen) atoms.